The van der Waals surface area contributed by atoms with Crippen molar-refractivity contribution in [2.24, 2.45) is 0 Å². The van der Waals surface area contributed by atoms with Gasteiger partial charge in [0.05, 0.1) is 5.56 Å². The average molecular weight is 392 g/mol. The van der Waals surface area contributed by atoms with Gasteiger partial charge in [-0.1, -0.05) is 12.1 Å². The van der Waals surface area contributed by atoms with Crippen LogP contribution in [0.3, 0.4) is 0 Å². The van der Waals surface area contributed by atoms with Gasteiger partial charge in [0.25, 0.3) is 11.8 Å². The number of halogens is 1. The maximum Gasteiger partial charge on any atom is 0.275 e. The third kappa shape index (κ3) is 4.03. The normalized spacial score (nSPS) is 10.8. The first kappa shape index (κ1) is 18.5. The number of rotatable bonds is 6. The summed E-state index contributed by atoms with van der Waals surface area (Å²) in [6, 6.07) is 9.07. The molecule has 0 radical (unpaired) electrons. The highest BCUT2D eigenvalue weighted by Gasteiger charge is 2.17. The molecule has 0 aliphatic heterocycles. The second-order valence-corrected chi connectivity index (χ2v) is 6.27. The molecule has 1 N–H and O–H groups in total. The zero-order valence-electron chi connectivity index (χ0n) is 15.5. The van der Waals surface area contributed by atoms with Crippen LogP contribution in [0.15, 0.2) is 59.6 Å². The first-order chi connectivity index (χ1) is 14.1. The second-order valence-electron chi connectivity index (χ2n) is 6.27. The summed E-state index contributed by atoms with van der Waals surface area (Å²) in [5.74, 6) is 0.686. The van der Waals surface area contributed by atoms with Crippen molar-refractivity contribution in [3.63, 3.8) is 0 Å². The van der Waals surface area contributed by atoms with Crippen LogP contribution in [-0.4, -0.2) is 30.6 Å². The predicted octanol–water partition coefficient (Wildman–Crippen LogP) is 3.66. The molecule has 0 atom stereocenters. The lowest BCUT2D eigenvalue weighted by Gasteiger charge is -2.05. The molecule has 9 heteroatoms. The van der Waals surface area contributed by atoms with Crippen LogP contribution in [0.1, 0.15) is 29.7 Å². The van der Waals surface area contributed by atoms with Gasteiger partial charge in [-0.25, -0.2) is 14.4 Å². The number of nitrogens with one attached hydrogen (secondary N) is 1. The van der Waals surface area contributed by atoms with Crippen molar-refractivity contribution >= 4 is 11.6 Å². The number of nitrogens with zero attached hydrogens (tertiary/aromatic N) is 5. The largest absolute Gasteiger partial charge is 0.334 e. The molecule has 1 aromatic carbocycles. The lowest BCUT2D eigenvalue weighted by atomic mass is 10.2. The van der Waals surface area contributed by atoms with Crippen molar-refractivity contribution in [3.8, 4) is 17.3 Å². The van der Waals surface area contributed by atoms with Gasteiger partial charge in [-0.2, -0.15) is 4.98 Å². The number of amides is 1. The Labute approximate surface area is 165 Å². The minimum absolute atomic E-state index is 0.183. The number of aromatic nitrogens is 5. The first-order valence-corrected chi connectivity index (χ1v) is 9.03. The van der Waals surface area contributed by atoms with Crippen LogP contribution in [0.2, 0.25) is 0 Å². The number of imidazole rings is 1. The number of pyridine rings is 1. The molecule has 0 aliphatic carbocycles. The van der Waals surface area contributed by atoms with Crippen molar-refractivity contribution in [1.29, 1.82) is 0 Å². The molecule has 0 fully saturated rings. The smallest absolute Gasteiger partial charge is 0.275 e. The Kier molecular flexibility index (Phi) is 5.10. The van der Waals surface area contributed by atoms with Crippen molar-refractivity contribution in [3.05, 3.63) is 72.5 Å². The summed E-state index contributed by atoms with van der Waals surface area (Å²) in [6.45, 7) is 2.04. The molecule has 0 aliphatic rings. The molecule has 0 spiro atoms. The van der Waals surface area contributed by atoms with E-state index in [4.69, 9.17) is 4.52 Å². The third-order valence-electron chi connectivity index (χ3n) is 4.12. The highest BCUT2D eigenvalue weighted by atomic mass is 19.1. The first-order valence-electron chi connectivity index (χ1n) is 9.03. The fraction of sp³-hybridized carbons (Fsp3) is 0.150. The maximum atomic E-state index is 13.0. The van der Waals surface area contributed by atoms with Crippen LogP contribution in [0.4, 0.5) is 10.1 Å². The van der Waals surface area contributed by atoms with Gasteiger partial charge < -0.3 is 9.84 Å². The van der Waals surface area contributed by atoms with E-state index < -0.39 is 5.91 Å². The van der Waals surface area contributed by atoms with Crippen LogP contribution < -0.4 is 5.32 Å². The lowest BCUT2D eigenvalue weighted by Crippen LogP contribution is -2.12. The maximum absolute atomic E-state index is 13.0. The summed E-state index contributed by atoms with van der Waals surface area (Å²) >= 11 is 0. The standard InChI is InChI=1S/C20H17FN6O2/c1-2-4-17-25-20(29-26-17)15-5-3-10-22-18(15)27-11-16(23-12-27)19(28)24-14-8-6-13(21)7-9-14/h3,5-12H,2,4H2,1H3,(H,24,28). The van der Waals surface area contributed by atoms with Gasteiger partial charge in [-0.05, 0) is 42.8 Å². The lowest BCUT2D eigenvalue weighted by molar-refractivity contribution is 0.102. The van der Waals surface area contributed by atoms with Crippen LogP contribution in [0.5, 0.6) is 0 Å². The zero-order chi connectivity index (χ0) is 20.2. The van der Waals surface area contributed by atoms with Gasteiger partial charge in [0.2, 0.25) is 0 Å². The summed E-state index contributed by atoms with van der Waals surface area (Å²) in [5, 5.41) is 6.65. The third-order valence-corrected chi connectivity index (χ3v) is 4.12. The molecular formula is C20H17FN6O2. The van der Waals surface area contributed by atoms with Crippen molar-refractivity contribution in [2.75, 3.05) is 5.32 Å². The Balaban J connectivity index is 1.59. The Morgan fingerprint density at radius 3 is 2.83 bits per heavy atom. The summed E-state index contributed by atoms with van der Waals surface area (Å²) in [4.78, 5) is 25.3. The van der Waals surface area contributed by atoms with E-state index in [0.29, 0.717) is 28.8 Å². The molecular weight excluding hydrogens is 375 g/mol. The fourth-order valence-electron chi connectivity index (χ4n) is 2.74. The Hall–Kier alpha value is -3.88. The molecule has 4 aromatic rings. The Morgan fingerprint density at radius 1 is 1.21 bits per heavy atom. The van der Waals surface area contributed by atoms with E-state index in [1.165, 1.54) is 30.6 Å². The summed E-state index contributed by atoms with van der Waals surface area (Å²) in [7, 11) is 0. The molecule has 4 rings (SSSR count). The van der Waals surface area contributed by atoms with Crippen molar-refractivity contribution in [2.45, 2.75) is 19.8 Å². The zero-order valence-corrected chi connectivity index (χ0v) is 15.5. The highest BCUT2D eigenvalue weighted by molar-refractivity contribution is 6.02. The van der Waals surface area contributed by atoms with Crippen LogP contribution in [-0.2, 0) is 6.42 Å². The quantitative estimate of drug-likeness (QED) is 0.538. The van der Waals surface area contributed by atoms with Crippen LogP contribution in [0, 0.1) is 5.82 Å². The molecule has 0 bridgehead atoms. The summed E-state index contributed by atoms with van der Waals surface area (Å²) < 4.78 is 20.0. The van der Waals surface area contributed by atoms with Crippen molar-refractivity contribution in [1.82, 2.24) is 24.7 Å². The molecule has 3 aromatic heterocycles. The summed E-state index contributed by atoms with van der Waals surface area (Å²) in [6.07, 6.45) is 6.29. The molecule has 0 saturated heterocycles. The van der Waals surface area contributed by atoms with Gasteiger partial charge in [0.1, 0.15) is 17.8 Å². The minimum atomic E-state index is -0.420. The fourth-order valence-corrected chi connectivity index (χ4v) is 2.74. The van der Waals surface area contributed by atoms with Gasteiger partial charge in [0, 0.05) is 24.5 Å². The van der Waals surface area contributed by atoms with Crippen LogP contribution >= 0.6 is 0 Å². The van der Waals surface area contributed by atoms with E-state index in [0.717, 1.165) is 12.8 Å². The molecule has 0 saturated carbocycles. The molecule has 3 heterocycles. The highest BCUT2D eigenvalue weighted by Crippen LogP contribution is 2.24. The van der Waals surface area contributed by atoms with Crippen LogP contribution in [0.25, 0.3) is 17.3 Å². The second kappa shape index (κ2) is 8.01. The van der Waals surface area contributed by atoms with E-state index >= 15 is 0 Å². The molecule has 1 amide bonds. The Bertz CT molecular complexity index is 1140. The van der Waals surface area contributed by atoms with E-state index in [1.54, 1.807) is 23.0 Å². The molecule has 8 nitrogen and oxygen atoms in total. The SMILES string of the molecule is CCCc1noc(-c2cccnc2-n2cnc(C(=O)Nc3ccc(F)cc3)c2)n1. The molecule has 0 unspecified atom stereocenters. The number of hydrogen-bond acceptors (Lipinski definition) is 6. The van der Waals surface area contributed by atoms with Gasteiger partial charge in [-0.15, -0.1) is 0 Å². The monoisotopic (exact) mass is 392 g/mol. The van der Waals surface area contributed by atoms with Gasteiger partial charge in [0.15, 0.2) is 11.6 Å². The number of carbonyl (C=O) groups is 1. The Morgan fingerprint density at radius 2 is 2.03 bits per heavy atom. The van der Waals surface area contributed by atoms with Gasteiger partial charge >= 0.3 is 0 Å². The summed E-state index contributed by atoms with van der Waals surface area (Å²) in [5.41, 5.74) is 1.28. The topological polar surface area (TPSA) is 98.7 Å². The number of anilines is 1. The number of carbonyl (C=O) groups excluding carboxylic acids is 1. The number of benzene rings is 1. The van der Waals surface area contributed by atoms with E-state index in [9.17, 15) is 9.18 Å². The average Bonchev–Trinajstić information content (AvgIpc) is 3.40. The molecule has 29 heavy (non-hydrogen) atoms. The number of hydrogen-bond donors (Lipinski definition) is 1. The van der Waals surface area contributed by atoms with Gasteiger partial charge in [-0.3, -0.25) is 9.36 Å². The van der Waals surface area contributed by atoms with E-state index in [-0.39, 0.29) is 11.5 Å². The van der Waals surface area contributed by atoms with E-state index in [1.807, 2.05) is 13.0 Å². The van der Waals surface area contributed by atoms with Crippen molar-refractivity contribution < 1.29 is 13.7 Å². The van der Waals surface area contributed by atoms with E-state index in [2.05, 4.69) is 25.4 Å². The molecule has 146 valence electrons. The minimum Gasteiger partial charge on any atom is -0.334 e. The predicted molar refractivity (Wildman–Crippen MR) is 103 cm³/mol. The number of aryl methyl sites for hydroxylation is 1.